The van der Waals surface area contributed by atoms with E-state index >= 15 is 0 Å². The molecule has 0 bridgehead atoms. The fourth-order valence-corrected chi connectivity index (χ4v) is 1.38. The zero-order valence-electron chi connectivity index (χ0n) is 12.2. The lowest BCUT2D eigenvalue weighted by atomic mass is 9.85. The summed E-state index contributed by atoms with van der Waals surface area (Å²) in [7, 11) is 0.295. The standard InChI is InChI=1S/C13H19BN4O2/c1-12(2,19)13(3,4)20-14-10-8-16-11(9-15-10)18-7-5-6-17-18/h5-9,14,19H,1-4H3. The number of hydrogen-bond donors (Lipinski definition) is 1. The molecule has 7 heteroatoms. The molecule has 0 fully saturated rings. The Hall–Kier alpha value is -1.73. The minimum atomic E-state index is -0.935. The summed E-state index contributed by atoms with van der Waals surface area (Å²) in [4.78, 5) is 8.57. The van der Waals surface area contributed by atoms with Crippen LogP contribution in [0.5, 0.6) is 0 Å². The molecule has 6 nitrogen and oxygen atoms in total. The van der Waals surface area contributed by atoms with E-state index in [0.717, 1.165) is 0 Å². The van der Waals surface area contributed by atoms with Crippen LogP contribution in [0.25, 0.3) is 5.82 Å². The Morgan fingerprint density at radius 1 is 1.20 bits per heavy atom. The number of hydrogen-bond acceptors (Lipinski definition) is 5. The third-order valence-electron chi connectivity index (χ3n) is 3.49. The van der Waals surface area contributed by atoms with Gasteiger partial charge in [0.15, 0.2) is 5.82 Å². The fraction of sp³-hybridized carbons (Fsp3) is 0.462. The van der Waals surface area contributed by atoms with Crippen LogP contribution in [-0.4, -0.2) is 43.5 Å². The molecule has 2 aromatic heterocycles. The summed E-state index contributed by atoms with van der Waals surface area (Å²) >= 11 is 0. The molecule has 0 radical (unpaired) electrons. The molecule has 2 rings (SSSR count). The molecule has 20 heavy (non-hydrogen) atoms. The molecule has 106 valence electrons. The van der Waals surface area contributed by atoms with E-state index in [1.807, 2.05) is 19.9 Å². The Morgan fingerprint density at radius 3 is 2.45 bits per heavy atom. The molecular weight excluding hydrogens is 255 g/mol. The molecule has 0 atom stereocenters. The smallest absolute Gasteiger partial charge is 0.331 e. The van der Waals surface area contributed by atoms with Gasteiger partial charge in [0.25, 0.3) is 0 Å². The summed E-state index contributed by atoms with van der Waals surface area (Å²) in [6.45, 7) is 7.13. The lowest BCUT2D eigenvalue weighted by Gasteiger charge is -2.37. The molecule has 2 heterocycles. The van der Waals surface area contributed by atoms with Gasteiger partial charge in [-0.1, -0.05) is 0 Å². The van der Waals surface area contributed by atoms with Gasteiger partial charge in [-0.3, -0.25) is 4.98 Å². The van der Waals surface area contributed by atoms with Crippen molar-refractivity contribution in [1.29, 1.82) is 0 Å². The highest BCUT2D eigenvalue weighted by atomic mass is 16.5. The number of nitrogens with zero attached hydrogens (tertiary/aromatic N) is 4. The summed E-state index contributed by atoms with van der Waals surface area (Å²) in [5, 5.41) is 14.1. The van der Waals surface area contributed by atoms with Gasteiger partial charge >= 0.3 is 7.48 Å². The fourth-order valence-electron chi connectivity index (χ4n) is 1.38. The van der Waals surface area contributed by atoms with Crippen LogP contribution in [0.2, 0.25) is 0 Å². The number of aliphatic hydroxyl groups is 1. The van der Waals surface area contributed by atoms with Crippen molar-refractivity contribution >= 4 is 13.1 Å². The average Bonchev–Trinajstić information content (AvgIpc) is 2.89. The number of aromatic nitrogens is 4. The maximum Gasteiger partial charge on any atom is 0.331 e. The van der Waals surface area contributed by atoms with E-state index in [-0.39, 0.29) is 0 Å². The lowest BCUT2D eigenvalue weighted by Crippen LogP contribution is -2.49. The molecule has 2 aromatic rings. The van der Waals surface area contributed by atoms with Crippen molar-refractivity contribution in [3.8, 4) is 5.82 Å². The maximum atomic E-state index is 10.0. The second kappa shape index (κ2) is 5.34. The average molecular weight is 274 g/mol. The topological polar surface area (TPSA) is 73.1 Å². The molecule has 0 aliphatic rings. The van der Waals surface area contributed by atoms with Gasteiger partial charge in [0.05, 0.1) is 23.0 Å². The molecule has 0 saturated carbocycles. The van der Waals surface area contributed by atoms with Crippen LogP contribution < -0.4 is 5.59 Å². The highest BCUT2D eigenvalue weighted by Gasteiger charge is 2.35. The summed E-state index contributed by atoms with van der Waals surface area (Å²) in [6, 6.07) is 1.82. The largest absolute Gasteiger partial charge is 0.425 e. The van der Waals surface area contributed by atoms with Gasteiger partial charge < -0.3 is 9.76 Å². The van der Waals surface area contributed by atoms with Gasteiger partial charge in [0, 0.05) is 18.6 Å². The number of rotatable bonds is 5. The first kappa shape index (κ1) is 14.7. The van der Waals surface area contributed by atoms with Crippen molar-refractivity contribution < 1.29 is 9.76 Å². The summed E-state index contributed by atoms with van der Waals surface area (Å²) in [6.07, 6.45) is 6.78. The molecule has 0 saturated heterocycles. The summed E-state index contributed by atoms with van der Waals surface area (Å²) < 4.78 is 7.37. The van der Waals surface area contributed by atoms with Crippen LogP contribution in [0.15, 0.2) is 30.9 Å². The molecule has 1 N–H and O–H groups in total. The van der Waals surface area contributed by atoms with Crippen molar-refractivity contribution in [2.45, 2.75) is 38.9 Å². The van der Waals surface area contributed by atoms with Crippen LogP contribution in [-0.2, 0) is 4.65 Å². The lowest BCUT2D eigenvalue weighted by molar-refractivity contribution is -0.0893. The van der Waals surface area contributed by atoms with Crippen LogP contribution >= 0.6 is 0 Å². The Bertz CT molecular complexity index is 547. The monoisotopic (exact) mass is 274 g/mol. The first-order valence-corrected chi connectivity index (χ1v) is 6.47. The molecule has 0 amide bonds. The zero-order valence-corrected chi connectivity index (χ0v) is 12.2. The SMILES string of the molecule is CC(C)(O)C(C)(C)OBc1cnc(-n2cccn2)cn1. The maximum absolute atomic E-state index is 10.0. The molecule has 0 spiro atoms. The second-order valence-corrected chi connectivity index (χ2v) is 5.67. The van der Waals surface area contributed by atoms with Crippen LogP contribution in [0.3, 0.4) is 0 Å². The molecule has 0 aliphatic heterocycles. The van der Waals surface area contributed by atoms with Gasteiger partial charge in [0.1, 0.15) is 0 Å². The Labute approximate surface area is 119 Å². The molecule has 0 unspecified atom stereocenters. The summed E-state index contributed by atoms with van der Waals surface area (Å²) in [5.74, 6) is 0.653. The first-order valence-electron chi connectivity index (χ1n) is 6.47. The Kier molecular flexibility index (Phi) is 3.92. The van der Waals surface area contributed by atoms with E-state index in [9.17, 15) is 5.11 Å². The van der Waals surface area contributed by atoms with Crippen molar-refractivity contribution in [2.75, 3.05) is 0 Å². The highest BCUT2D eigenvalue weighted by molar-refractivity contribution is 6.45. The first-order chi connectivity index (χ1) is 9.29. The van der Waals surface area contributed by atoms with E-state index in [4.69, 9.17) is 4.65 Å². The van der Waals surface area contributed by atoms with Crippen molar-refractivity contribution in [3.63, 3.8) is 0 Å². The van der Waals surface area contributed by atoms with Crippen molar-refractivity contribution in [1.82, 2.24) is 19.7 Å². The van der Waals surface area contributed by atoms with Crippen LogP contribution in [0.4, 0.5) is 0 Å². The third kappa shape index (κ3) is 3.23. The Morgan fingerprint density at radius 2 is 1.95 bits per heavy atom. The molecule has 0 aromatic carbocycles. The van der Waals surface area contributed by atoms with Crippen LogP contribution in [0.1, 0.15) is 27.7 Å². The second-order valence-electron chi connectivity index (χ2n) is 5.67. The van der Waals surface area contributed by atoms with E-state index in [1.165, 1.54) is 0 Å². The van der Waals surface area contributed by atoms with Crippen LogP contribution in [0, 0.1) is 0 Å². The van der Waals surface area contributed by atoms with Gasteiger partial charge in [0.2, 0.25) is 0 Å². The Balaban J connectivity index is 2.02. The molecular formula is C13H19BN4O2. The predicted molar refractivity (Wildman–Crippen MR) is 77.4 cm³/mol. The van der Waals surface area contributed by atoms with Gasteiger partial charge in [-0.25, -0.2) is 9.67 Å². The van der Waals surface area contributed by atoms with Gasteiger partial charge in [-0.2, -0.15) is 5.10 Å². The van der Waals surface area contributed by atoms with Gasteiger partial charge in [-0.15, -0.1) is 0 Å². The minimum absolute atomic E-state index is 0.295. The van der Waals surface area contributed by atoms with Crippen molar-refractivity contribution in [2.24, 2.45) is 0 Å². The van der Waals surface area contributed by atoms with E-state index < -0.39 is 11.2 Å². The highest BCUT2D eigenvalue weighted by Crippen LogP contribution is 2.24. The predicted octanol–water partition coefficient (Wildman–Crippen LogP) is 0.205. The van der Waals surface area contributed by atoms with Gasteiger partial charge in [-0.05, 0) is 33.8 Å². The third-order valence-corrected chi connectivity index (χ3v) is 3.49. The summed E-state index contributed by atoms with van der Waals surface area (Å²) in [5.41, 5.74) is -0.900. The van der Waals surface area contributed by atoms with E-state index in [2.05, 4.69) is 15.1 Å². The zero-order chi connectivity index (χ0) is 14.8. The minimum Gasteiger partial charge on any atom is -0.425 e. The van der Waals surface area contributed by atoms with E-state index in [1.54, 1.807) is 43.3 Å². The quantitative estimate of drug-likeness (QED) is 0.789. The van der Waals surface area contributed by atoms with E-state index in [0.29, 0.717) is 18.9 Å². The van der Waals surface area contributed by atoms with Crippen molar-refractivity contribution in [3.05, 3.63) is 30.9 Å². The normalized spacial score (nSPS) is 12.4. The molecule has 0 aliphatic carbocycles.